The molecule has 0 aromatic heterocycles. The van der Waals surface area contributed by atoms with Crippen LogP contribution in [0.1, 0.15) is 17.3 Å². The van der Waals surface area contributed by atoms with Crippen LogP contribution in [0.15, 0.2) is 36.4 Å². The summed E-state index contributed by atoms with van der Waals surface area (Å²) in [6, 6.07) is 7.05. The van der Waals surface area contributed by atoms with Gasteiger partial charge in [0.05, 0.1) is 25.5 Å². The summed E-state index contributed by atoms with van der Waals surface area (Å²) in [7, 11) is 2.90. The van der Waals surface area contributed by atoms with E-state index in [2.05, 4.69) is 5.32 Å². The smallest absolute Gasteiger partial charge is 0.339 e. The molecule has 0 fully saturated rings. The lowest BCUT2D eigenvalue weighted by Crippen LogP contribution is -2.30. The molecule has 1 unspecified atom stereocenters. The topological polar surface area (TPSA) is 73.9 Å². The highest BCUT2D eigenvalue weighted by molar-refractivity contribution is 5.98. The minimum atomic E-state index is -1.22. The molecule has 1 N–H and O–H groups in total. The molecule has 0 radical (unpaired) electrons. The Morgan fingerprint density at radius 1 is 1.00 bits per heavy atom. The number of amides is 1. The maximum atomic E-state index is 13.2. The van der Waals surface area contributed by atoms with E-state index in [9.17, 15) is 18.4 Å². The molecular formula is C18H17F2NO5. The second-order valence-corrected chi connectivity index (χ2v) is 5.26. The third kappa shape index (κ3) is 4.69. The largest absolute Gasteiger partial charge is 0.497 e. The van der Waals surface area contributed by atoms with E-state index in [-0.39, 0.29) is 5.56 Å². The SMILES string of the molecule is COc1ccc(OC)c(NC(=O)C(C)OC(=O)c2cc(F)cc(F)c2)c1. The van der Waals surface area contributed by atoms with E-state index >= 15 is 0 Å². The van der Waals surface area contributed by atoms with Crippen LogP contribution in [0.2, 0.25) is 0 Å². The van der Waals surface area contributed by atoms with Crippen molar-refractivity contribution >= 4 is 17.6 Å². The Bertz CT molecular complexity index is 805. The predicted octanol–water partition coefficient (Wildman–Crippen LogP) is 3.17. The zero-order chi connectivity index (χ0) is 19.3. The molecule has 1 atom stereocenters. The van der Waals surface area contributed by atoms with Gasteiger partial charge in [0.1, 0.15) is 23.1 Å². The molecule has 0 heterocycles. The maximum absolute atomic E-state index is 13.2. The summed E-state index contributed by atoms with van der Waals surface area (Å²) >= 11 is 0. The van der Waals surface area contributed by atoms with Crippen molar-refractivity contribution in [3.63, 3.8) is 0 Å². The Labute approximate surface area is 148 Å². The molecule has 0 saturated heterocycles. The maximum Gasteiger partial charge on any atom is 0.339 e. The average molecular weight is 365 g/mol. The van der Waals surface area contributed by atoms with Crippen molar-refractivity contribution in [1.82, 2.24) is 0 Å². The molecule has 0 bridgehead atoms. The van der Waals surface area contributed by atoms with Crippen LogP contribution >= 0.6 is 0 Å². The minimum absolute atomic E-state index is 0.316. The Morgan fingerprint density at radius 2 is 1.65 bits per heavy atom. The number of anilines is 1. The minimum Gasteiger partial charge on any atom is -0.497 e. The Balaban J connectivity index is 2.09. The zero-order valence-corrected chi connectivity index (χ0v) is 14.3. The molecule has 8 heteroatoms. The van der Waals surface area contributed by atoms with Crippen molar-refractivity contribution in [3.05, 3.63) is 53.6 Å². The molecule has 2 rings (SSSR count). The first-order chi connectivity index (χ1) is 12.3. The molecule has 0 spiro atoms. The van der Waals surface area contributed by atoms with Crippen molar-refractivity contribution in [3.8, 4) is 11.5 Å². The highest BCUT2D eigenvalue weighted by Gasteiger charge is 2.21. The van der Waals surface area contributed by atoms with Crippen LogP contribution in [0.5, 0.6) is 11.5 Å². The second kappa shape index (κ2) is 8.28. The predicted molar refractivity (Wildman–Crippen MR) is 89.4 cm³/mol. The lowest BCUT2D eigenvalue weighted by atomic mass is 10.2. The van der Waals surface area contributed by atoms with Crippen LogP contribution in [0.25, 0.3) is 0 Å². The summed E-state index contributed by atoms with van der Waals surface area (Å²) in [5, 5.41) is 2.55. The van der Waals surface area contributed by atoms with Gasteiger partial charge in [0, 0.05) is 12.1 Å². The van der Waals surface area contributed by atoms with Crippen LogP contribution in [0.3, 0.4) is 0 Å². The van der Waals surface area contributed by atoms with E-state index in [4.69, 9.17) is 14.2 Å². The number of methoxy groups -OCH3 is 2. The molecule has 1 amide bonds. The van der Waals surface area contributed by atoms with Gasteiger partial charge in [0.2, 0.25) is 0 Å². The van der Waals surface area contributed by atoms with Gasteiger partial charge < -0.3 is 19.5 Å². The van der Waals surface area contributed by atoms with Crippen molar-refractivity contribution in [2.24, 2.45) is 0 Å². The first-order valence-electron chi connectivity index (χ1n) is 7.54. The van der Waals surface area contributed by atoms with Gasteiger partial charge in [-0.05, 0) is 31.2 Å². The molecule has 0 aliphatic heterocycles. The first kappa shape index (κ1) is 19.2. The van der Waals surface area contributed by atoms with Gasteiger partial charge in [-0.2, -0.15) is 0 Å². The van der Waals surface area contributed by atoms with Crippen LogP contribution in [-0.2, 0) is 9.53 Å². The zero-order valence-electron chi connectivity index (χ0n) is 14.3. The second-order valence-electron chi connectivity index (χ2n) is 5.26. The standard InChI is InChI=1S/C18H17F2NO5/c1-10(26-18(23)11-6-12(19)8-13(20)7-11)17(22)21-15-9-14(24-2)4-5-16(15)25-3/h4-10H,1-3H3,(H,21,22). The van der Waals surface area contributed by atoms with Crippen LogP contribution in [0, 0.1) is 11.6 Å². The molecule has 6 nitrogen and oxygen atoms in total. The molecule has 0 aliphatic rings. The number of ether oxygens (including phenoxy) is 3. The monoisotopic (exact) mass is 365 g/mol. The molecular weight excluding hydrogens is 348 g/mol. The van der Waals surface area contributed by atoms with E-state index in [1.54, 1.807) is 12.1 Å². The number of carbonyl (C=O) groups excluding carboxylic acids is 2. The number of hydrogen-bond donors (Lipinski definition) is 1. The number of rotatable bonds is 6. The van der Waals surface area contributed by atoms with Crippen molar-refractivity contribution < 1.29 is 32.6 Å². The fourth-order valence-electron chi connectivity index (χ4n) is 2.10. The van der Waals surface area contributed by atoms with Gasteiger partial charge in [-0.3, -0.25) is 4.79 Å². The molecule has 2 aromatic rings. The molecule has 138 valence electrons. The lowest BCUT2D eigenvalue weighted by Gasteiger charge is -2.16. The van der Waals surface area contributed by atoms with E-state index < -0.39 is 29.6 Å². The Hall–Kier alpha value is -3.16. The number of carbonyl (C=O) groups is 2. The molecule has 0 saturated carbocycles. The van der Waals surface area contributed by atoms with Crippen molar-refractivity contribution in [2.45, 2.75) is 13.0 Å². The third-order valence-electron chi connectivity index (χ3n) is 3.42. The number of benzene rings is 2. The quantitative estimate of drug-likeness (QED) is 0.796. The van der Waals surface area contributed by atoms with Gasteiger partial charge in [-0.15, -0.1) is 0 Å². The van der Waals surface area contributed by atoms with Gasteiger partial charge in [0.15, 0.2) is 6.10 Å². The summed E-state index contributed by atoms with van der Waals surface area (Å²) in [5.41, 5.74) is -0.0161. The number of halogens is 2. The fraction of sp³-hybridized carbons (Fsp3) is 0.222. The number of hydrogen-bond acceptors (Lipinski definition) is 5. The van der Waals surface area contributed by atoms with E-state index in [1.807, 2.05) is 0 Å². The van der Waals surface area contributed by atoms with E-state index in [0.717, 1.165) is 12.1 Å². The highest BCUT2D eigenvalue weighted by Crippen LogP contribution is 2.29. The lowest BCUT2D eigenvalue weighted by molar-refractivity contribution is -0.123. The van der Waals surface area contributed by atoms with Gasteiger partial charge in [0.25, 0.3) is 5.91 Å². The molecule has 2 aromatic carbocycles. The normalized spacial score (nSPS) is 11.4. The summed E-state index contributed by atoms with van der Waals surface area (Å²) in [6.07, 6.45) is -1.22. The third-order valence-corrected chi connectivity index (χ3v) is 3.42. The van der Waals surface area contributed by atoms with Crippen molar-refractivity contribution in [2.75, 3.05) is 19.5 Å². The van der Waals surface area contributed by atoms with Gasteiger partial charge >= 0.3 is 5.97 Å². The Kier molecular flexibility index (Phi) is 6.11. The van der Waals surface area contributed by atoms with E-state index in [0.29, 0.717) is 23.3 Å². The summed E-state index contributed by atoms with van der Waals surface area (Å²) < 4.78 is 41.5. The summed E-state index contributed by atoms with van der Waals surface area (Å²) in [4.78, 5) is 24.2. The summed E-state index contributed by atoms with van der Waals surface area (Å²) in [6.45, 7) is 1.33. The number of esters is 1. The average Bonchev–Trinajstić information content (AvgIpc) is 2.60. The summed E-state index contributed by atoms with van der Waals surface area (Å²) in [5.74, 6) is -2.65. The van der Waals surface area contributed by atoms with E-state index in [1.165, 1.54) is 27.2 Å². The number of nitrogens with one attached hydrogen (secondary N) is 1. The Morgan fingerprint density at radius 3 is 2.23 bits per heavy atom. The van der Waals surface area contributed by atoms with Crippen LogP contribution in [0.4, 0.5) is 14.5 Å². The van der Waals surface area contributed by atoms with Gasteiger partial charge in [-0.25, -0.2) is 13.6 Å². The first-order valence-corrected chi connectivity index (χ1v) is 7.54. The highest BCUT2D eigenvalue weighted by atomic mass is 19.1. The molecule has 26 heavy (non-hydrogen) atoms. The van der Waals surface area contributed by atoms with Gasteiger partial charge in [-0.1, -0.05) is 0 Å². The molecule has 0 aliphatic carbocycles. The van der Waals surface area contributed by atoms with Crippen LogP contribution < -0.4 is 14.8 Å². The van der Waals surface area contributed by atoms with Crippen LogP contribution in [-0.4, -0.2) is 32.2 Å². The fourth-order valence-corrected chi connectivity index (χ4v) is 2.10. The van der Waals surface area contributed by atoms with Crippen molar-refractivity contribution in [1.29, 1.82) is 0 Å².